The lowest BCUT2D eigenvalue weighted by atomic mass is 10.1. The van der Waals surface area contributed by atoms with Gasteiger partial charge in [0.2, 0.25) is 5.91 Å². The zero-order valence-corrected chi connectivity index (χ0v) is 12.8. The molecule has 21 heavy (non-hydrogen) atoms. The van der Waals surface area contributed by atoms with Gasteiger partial charge in [-0.1, -0.05) is 12.1 Å². The number of hydrogen-bond acceptors (Lipinski definition) is 3. The lowest BCUT2D eigenvalue weighted by molar-refractivity contribution is -0.126. The van der Waals surface area contributed by atoms with E-state index in [0.29, 0.717) is 6.04 Å². The van der Waals surface area contributed by atoms with Crippen LogP contribution in [-0.2, 0) is 4.79 Å². The van der Waals surface area contributed by atoms with Crippen molar-refractivity contribution in [2.45, 2.75) is 25.3 Å². The summed E-state index contributed by atoms with van der Waals surface area (Å²) in [4.78, 5) is 14.1. The molecular formula is C17H24N2O2. The van der Waals surface area contributed by atoms with E-state index in [9.17, 15) is 4.79 Å². The molecule has 4 heteroatoms. The van der Waals surface area contributed by atoms with E-state index in [1.807, 2.05) is 42.3 Å². The van der Waals surface area contributed by atoms with E-state index in [1.165, 1.54) is 0 Å². The van der Waals surface area contributed by atoms with Crippen molar-refractivity contribution in [3.05, 3.63) is 35.9 Å². The number of methoxy groups -OCH3 is 1. The van der Waals surface area contributed by atoms with Crippen LogP contribution in [-0.4, -0.2) is 44.1 Å². The van der Waals surface area contributed by atoms with Crippen LogP contribution in [0.4, 0.5) is 0 Å². The fraction of sp³-hybridized carbons (Fsp3) is 0.471. The van der Waals surface area contributed by atoms with Gasteiger partial charge in [0.25, 0.3) is 0 Å². The summed E-state index contributed by atoms with van der Waals surface area (Å²) in [6.45, 7) is 2.05. The van der Waals surface area contributed by atoms with E-state index in [1.54, 1.807) is 13.2 Å². The van der Waals surface area contributed by atoms with Gasteiger partial charge in [-0.2, -0.15) is 0 Å². The van der Waals surface area contributed by atoms with Crippen LogP contribution in [0.5, 0.6) is 5.75 Å². The Morgan fingerprint density at radius 3 is 2.76 bits per heavy atom. The molecule has 1 heterocycles. The number of nitrogens with zero attached hydrogens (tertiary/aromatic N) is 1. The topological polar surface area (TPSA) is 41.6 Å². The average molecular weight is 288 g/mol. The Hall–Kier alpha value is -1.81. The maximum atomic E-state index is 12.2. The molecule has 4 nitrogen and oxygen atoms in total. The van der Waals surface area contributed by atoms with Gasteiger partial charge >= 0.3 is 0 Å². The van der Waals surface area contributed by atoms with Crippen LogP contribution in [0.15, 0.2) is 30.3 Å². The van der Waals surface area contributed by atoms with Crippen molar-refractivity contribution in [2.75, 3.05) is 27.2 Å². The summed E-state index contributed by atoms with van der Waals surface area (Å²) in [5, 5.41) is 3.37. The summed E-state index contributed by atoms with van der Waals surface area (Å²) < 4.78 is 5.12. The second-order valence-electron chi connectivity index (χ2n) is 5.39. The first-order valence-corrected chi connectivity index (χ1v) is 7.50. The lowest BCUT2D eigenvalue weighted by Gasteiger charge is -2.25. The van der Waals surface area contributed by atoms with Gasteiger partial charge in [-0.15, -0.1) is 0 Å². The molecule has 0 radical (unpaired) electrons. The molecule has 1 fully saturated rings. The molecular weight excluding hydrogens is 264 g/mol. The molecule has 114 valence electrons. The zero-order valence-electron chi connectivity index (χ0n) is 12.8. The quantitative estimate of drug-likeness (QED) is 0.865. The molecule has 0 aliphatic carbocycles. The molecule has 2 rings (SSSR count). The molecule has 1 amide bonds. The molecule has 1 saturated heterocycles. The smallest absolute Gasteiger partial charge is 0.246 e. The predicted octanol–water partition coefficient (Wildman–Crippen LogP) is 2.31. The van der Waals surface area contributed by atoms with Crippen LogP contribution >= 0.6 is 0 Å². The minimum absolute atomic E-state index is 0.0673. The Bertz CT molecular complexity index is 474. The highest BCUT2D eigenvalue weighted by Gasteiger charge is 2.19. The highest BCUT2D eigenvalue weighted by atomic mass is 16.5. The van der Waals surface area contributed by atoms with Crippen LogP contribution in [0, 0.1) is 0 Å². The van der Waals surface area contributed by atoms with E-state index < -0.39 is 0 Å². The van der Waals surface area contributed by atoms with Crippen LogP contribution in [0.1, 0.15) is 24.8 Å². The van der Waals surface area contributed by atoms with E-state index in [0.717, 1.165) is 43.7 Å². The fourth-order valence-corrected chi connectivity index (χ4v) is 2.57. The number of carbonyl (C=O) groups is 1. The minimum Gasteiger partial charge on any atom is -0.497 e. The second kappa shape index (κ2) is 7.84. The third kappa shape index (κ3) is 4.60. The Kier molecular flexibility index (Phi) is 5.81. The molecule has 0 spiro atoms. The molecule has 1 aromatic carbocycles. The van der Waals surface area contributed by atoms with Gasteiger partial charge in [-0.25, -0.2) is 0 Å². The summed E-state index contributed by atoms with van der Waals surface area (Å²) in [6, 6.07) is 8.01. The van der Waals surface area contributed by atoms with Crippen LogP contribution in [0.2, 0.25) is 0 Å². The third-order valence-corrected chi connectivity index (χ3v) is 3.97. The van der Waals surface area contributed by atoms with E-state index in [-0.39, 0.29) is 5.91 Å². The van der Waals surface area contributed by atoms with Gasteiger partial charge in [0.15, 0.2) is 0 Å². The van der Waals surface area contributed by atoms with Gasteiger partial charge in [0, 0.05) is 19.2 Å². The third-order valence-electron chi connectivity index (χ3n) is 3.97. The Labute approximate surface area is 126 Å². The van der Waals surface area contributed by atoms with Crippen molar-refractivity contribution < 1.29 is 9.53 Å². The molecule has 0 bridgehead atoms. The number of hydrogen-bond donors (Lipinski definition) is 1. The van der Waals surface area contributed by atoms with Crippen molar-refractivity contribution >= 4 is 12.0 Å². The summed E-state index contributed by atoms with van der Waals surface area (Å²) in [7, 11) is 3.54. The van der Waals surface area contributed by atoms with Gasteiger partial charge in [0.1, 0.15) is 5.75 Å². The number of amides is 1. The monoisotopic (exact) mass is 288 g/mol. The number of rotatable bonds is 4. The summed E-state index contributed by atoms with van der Waals surface area (Å²) in [5.74, 6) is 0.888. The van der Waals surface area contributed by atoms with Crippen molar-refractivity contribution in [2.24, 2.45) is 0 Å². The molecule has 0 saturated carbocycles. The largest absolute Gasteiger partial charge is 0.497 e. The SMILES string of the molecule is COc1ccc(/C=C/C(=O)N(C)C2CCCNCC2)cc1. The van der Waals surface area contributed by atoms with Crippen molar-refractivity contribution in [1.82, 2.24) is 10.2 Å². The van der Waals surface area contributed by atoms with Crippen LogP contribution < -0.4 is 10.1 Å². The Morgan fingerprint density at radius 1 is 1.29 bits per heavy atom. The predicted molar refractivity (Wildman–Crippen MR) is 85.3 cm³/mol. The molecule has 1 aliphatic heterocycles. The second-order valence-corrected chi connectivity index (χ2v) is 5.39. The summed E-state index contributed by atoms with van der Waals surface area (Å²) >= 11 is 0. The Balaban J connectivity index is 1.93. The van der Waals surface area contributed by atoms with Gasteiger partial charge in [0.05, 0.1) is 7.11 Å². The standard InChI is InChI=1S/C17H24N2O2/c1-19(15-4-3-12-18-13-11-15)17(20)10-7-14-5-8-16(21-2)9-6-14/h5-10,15,18H,3-4,11-13H2,1-2H3/b10-7+. The van der Waals surface area contributed by atoms with E-state index >= 15 is 0 Å². The Morgan fingerprint density at radius 2 is 2.05 bits per heavy atom. The highest BCUT2D eigenvalue weighted by molar-refractivity contribution is 5.91. The normalized spacial score (nSPS) is 19.2. The zero-order chi connectivity index (χ0) is 15.1. The van der Waals surface area contributed by atoms with E-state index in [2.05, 4.69) is 5.32 Å². The number of benzene rings is 1. The van der Waals surface area contributed by atoms with Gasteiger partial charge in [-0.05, 0) is 56.1 Å². The average Bonchev–Trinajstić information content (AvgIpc) is 2.81. The number of likely N-dealkylation sites (N-methyl/N-ethyl adjacent to an activating group) is 1. The van der Waals surface area contributed by atoms with Crippen molar-refractivity contribution in [3.8, 4) is 5.75 Å². The molecule has 1 N–H and O–H groups in total. The number of ether oxygens (including phenoxy) is 1. The van der Waals surface area contributed by atoms with Crippen LogP contribution in [0.3, 0.4) is 0 Å². The first kappa shape index (κ1) is 15.6. The molecule has 1 aromatic rings. The first-order chi connectivity index (χ1) is 10.2. The van der Waals surface area contributed by atoms with Crippen LogP contribution in [0.25, 0.3) is 6.08 Å². The minimum atomic E-state index is 0.0673. The van der Waals surface area contributed by atoms with E-state index in [4.69, 9.17) is 4.74 Å². The fourth-order valence-electron chi connectivity index (χ4n) is 2.57. The highest BCUT2D eigenvalue weighted by Crippen LogP contribution is 2.14. The maximum Gasteiger partial charge on any atom is 0.246 e. The molecule has 1 atom stereocenters. The molecule has 1 unspecified atom stereocenters. The van der Waals surface area contributed by atoms with Gasteiger partial charge in [-0.3, -0.25) is 4.79 Å². The summed E-state index contributed by atoms with van der Waals surface area (Å²) in [5.41, 5.74) is 1.00. The molecule has 0 aromatic heterocycles. The first-order valence-electron chi connectivity index (χ1n) is 7.50. The molecule has 1 aliphatic rings. The maximum absolute atomic E-state index is 12.2. The number of carbonyl (C=O) groups excluding carboxylic acids is 1. The van der Waals surface area contributed by atoms with Crippen molar-refractivity contribution in [1.29, 1.82) is 0 Å². The van der Waals surface area contributed by atoms with Gasteiger partial charge < -0.3 is 15.0 Å². The summed E-state index contributed by atoms with van der Waals surface area (Å²) in [6.07, 6.45) is 6.74. The van der Waals surface area contributed by atoms with Crippen molar-refractivity contribution in [3.63, 3.8) is 0 Å². The lowest BCUT2D eigenvalue weighted by Crippen LogP contribution is -2.36. The number of nitrogens with one attached hydrogen (secondary N) is 1.